The molecule has 0 aromatic carbocycles. The summed E-state index contributed by atoms with van der Waals surface area (Å²) in [5.74, 6) is -0.708. The Morgan fingerprint density at radius 1 is 1.79 bits per heavy atom. The Hall–Kier alpha value is -0.940. The Balaban J connectivity index is 2.62. The fourth-order valence-electron chi connectivity index (χ4n) is 1.45. The van der Waals surface area contributed by atoms with Crippen LogP contribution < -0.4 is 0 Å². The molecule has 1 unspecified atom stereocenters. The summed E-state index contributed by atoms with van der Waals surface area (Å²) in [5.41, 5.74) is 0. The zero-order chi connectivity index (χ0) is 10.8. The molecule has 5 nitrogen and oxygen atoms in total. The maximum absolute atomic E-state index is 10.7. The van der Waals surface area contributed by atoms with Gasteiger partial charge in [-0.15, -0.1) is 6.58 Å². The molecule has 2 atom stereocenters. The van der Waals surface area contributed by atoms with Crippen LogP contribution in [0.4, 0.5) is 0 Å². The van der Waals surface area contributed by atoms with Crippen molar-refractivity contribution in [1.82, 2.24) is 0 Å². The van der Waals surface area contributed by atoms with E-state index in [1.165, 1.54) is 6.08 Å². The molecular weight excluding hydrogens is 186 g/mol. The van der Waals surface area contributed by atoms with Crippen molar-refractivity contribution < 1.29 is 14.4 Å². The van der Waals surface area contributed by atoms with Gasteiger partial charge in [-0.05, 0) is 13.8 Å². The van der Waals surface area contributed by atoms with Crippen LogP contribution in [0.1, 0.15) is 20.3 Å². The Morgan fingerprint density at radius 2 is 2.43 bits per heavy atom. The minimum atomic E-state index is -0.755. The Morgan fingerprint density at radius 3 is 2.79 bits per heavy atom. The first-order chi connectivity index (χ1) is 6.46. The van der Waals surface area contributed by atoms with E-state index >= 15 is 0 Å². The summed E-state index contributed by atoms with van der Waals surface area (Å²) in [7, 11) is 0. The first kappa shape index (κ1) is 11.1. The number of hydrogen-bond donors (Lipinski definition) is 0. The van der Waals surface area contributed by atoms with Crippen LogP contribution >= 0.6 is 0 Å². The molecule has 14 heavy (non-hydrogen) atoms. The minimum absolute atomic E-state index is 0.270. The first-order valence-electron chi connectivity index (χ1n) is 4.52. The zero-order valence-corrected chi connectivity index (χ0v) is 8.43. The Kier molecular flexibility index (Phi) is 3.23. The molecule has 5 heteroatoms. The molecule has 1 heterocycles. The fraction of sp³-hybridized carbons (Fsp3) is 0.778. The summed E-state index contributed by atoms with van der Waals surface area (Å²) in [4.78, 5) is 10.4. The third-order valence-corrected chi connectivity index (χ3v) is 2.14. The van der Waals surface area contributed by atoms with Crippen LogP contribution in [0.15, 0.2) is 12.7 Å². The van der Waals surface area contributed by atoms with Crippen molar-refractivity contribution in [1.29, 1.82) is 0 Å². The minimum Gasteiger partial charge on any atom is -0.348 e. The highest BCUT2D eigenvalue weighted by Crippen LogP contribution is 2.26. The molecule has 0 saturated carbocycles. The van der Waals surface area contributed by atoms with Crippen molar-refractivity contribution in [3.05, 3.63) is 22.8 Å². The van der Waals surface area contributed by atoms with E-state index in [4.69, 9.17) is 9.47 Å². The van der Waals surface area contributed by atoms with E-state index < -0.39 is 17.9 Å². The molecule has 0 aromatic rings. The third kappa shape index (κ3) is 2.52. The standard InChI is InChI=1S/C9H15NO4/c1-4-5-7(10(11)12)8-6-13-9(2,3)14-8/h4,7-8H,1,5-6H2,2-3H3/t7?,8-/m1/s1. The summed E-state index contributed by atoms with van der Waals surface area (Å²) in [6.45, 7) is 7.26. The second-order valence-electron chi connectivity index (χ2n) is 3.74. The van der Waals surface area contributed by atoms with Crippen molar-refractivity contribution in [2.24, 2.45) is 0 Å². The van der Waals surface area contributed by atoms with Gasteiger partial charge in [0, 0.05) is 11.3 Å². The average molecular weight is 201 g/mol. The zero-order valence-electron chi connectivity index (χ0n) is 8.43. The molecule has 1 aliphatic heterocycles. The van der Waals surface area contributed by atoms with Crippen molar-refractivity contribution in [3.8, 4) is 0 Å². The van der Waals surface area contributed by atoms with E-state index in [0.29, 0.717) is 6.42 Å². The lowest BCUT2D eigenvalue weighted by Crippen LogP contribution is -2.36. The van der Waals surface area contributed by atoms with Gasteiger partial charge in [0.05, 0.1) is 6.61 Å². The highest BCUT2D eigenvalue weighted by molar-refractivity contribution is 4.83. The average Bonchev–Trinajstić information content (AvgIpc) is 2.41. The highest BCUT2D eigenvalue weighted by atomic mass is 16.7. The number of hydrogen-bond acceptors (Lipinski definition) is 4. The van der Waals surface area contributed by atoms with Gasteiger partial charge in [0.1, 0.15) is 0 Å². The van der Waals surface area contributed by atoms with Crippen molar-refractivity contribution in [3.63, 3.8) is 0 Å². The van der Waals surface area contributed by atoms with E-state index in [1.54, 1.807) is 13.8 Å². The van der Waals surface area contributed by atoms with Crippen LogP contribution in [-0.2, 0) is 9.47 Å². The van der Waals surface area contributed by atoms with Gasteiger partial charge in [0.25, 0.3) is 0 Å². The topological polar surface area (TPSA) is 61.6 Å². The predicted octanol–water partition coefficient (Wildman–Crippen LogP) is 1.36. The van der Waals surface area contributed by atoms with Gasteiger partial charge in [-0.1, -0.05) is 6.08 Å². The molecule has 0 N–H and O–H groups in total. The van der Waals surface area contributed by atoms with E-state index in [0.717, 1.165) is 0 Å². The molecule has 0 spiro atoms. The van der Waals surface area contributed by atoms with Crippen molar-refractivity contribution >= 4 is 0 Å². The van der Waals surface area contributed by atoms with Gasteiger partial charge >= 0.3 is 0 Å². The van der Waals surface area contributed by atoms with Crippen LogP contribution in [0, 0.1) is 10.1 Å². The maximum atomic E-state index is 10.7. The molecule has 0 bridgehead atoms. The van der Waals surface area contributed by atoms with Crippen LogP contribution in [0.2, 0.25) is 0 Å². The molecule has 1 saturated heterocycles. The van der Waals surface area contributed by atoms with Gasteiger partial charge in [-0.2, -0.15) is 0 Å². The summed E-state index contributed by atoms with van der Waals surface area (Å²) >= 11 is 0. The van der Waals surface area contributed by atoms with Gasteiger partial charge in [0.15, 0.2) is 11.9 Å². The molecule has 1 aliphatic rings. The lowest BCUT2D eigenvalue weighted by atomic mass is 10.1. The number of rotatable bonds is 4. The van der Waals surface area contributed by atoms with Crippen LogP contribution in [0.25, 0.3) is 0 Å². The molecule has 0 aromatic heterocycles. The predicted molar refractivity (Wildman–Crippen MR) is 50.5 cm³/mol. The third-order valence-electron chi connectivity index (χ3n) is 2.14. The van der Waals surface area contributed by atoms with Crippen molar-refractivity contribution in [2.75, 3.05) is 6.61 Å². The largest absolute Gasteiger partial charge is 0.348 e. The van der Waals surface area contributed by atoms with E-state index in [9.17, 15) is 10.1 Å². The Labute approximate surface area is 82.8 Å². The maximum Gasteiger partial charge on any atom is 0.244 e. The monoisotopic (exact) mass is 201 g/mol. The van der Waals surface area contributed by atoms with Crippen molar-refractivity contribution in [2.45, 2.75) is 38.2 Å². The van der Waals surface area contributed by atoms with E-state index in [-0.39, 0.29) is 11.5 Å². The van der Waals surface area contributed by atoms with Gasteiger partial charge < -0.3 is 9.47 Å². The summed E-state index contributed by atoms with van der Waals surface area (Å²) < 4.78 is 10.7. The molecule has 0 radical (unpaired) electrons. The lowest BCUT2D eigenvalue weighted by Gasteiger charge is -2.18. The normalized spacial score (nSPS) is 27.1. The second kappa shape index (κ2) is 4.06. The lowest BCUT2D eigenvalue weighted by molar-refractivity contribution is -0.533. The second-order valence-corrected chi connectivity index (χ2v) is 3.74. The Bertz CT molecular complexity index is 239. The molecule has 1 fully saturated rings. The highest BCUT2D eigenvalue weighted by Gasteiger charge is 2.42. The summed E-state index contributed by atoms with van der Waals surface area (Å²) in [6.07, 6.45) is 1.36. The smallest absolute Gasteiger partial charge is 0.244 e. The SMILES string of the molecule is C=CCC([C@H]1COC(C)(C)O1)[N+](=O)[O-]. The van der Waals surface area contributed by atoms with Gasteiger partial charge in [-0.25, -0.2) is 0 Å². The summed E-state index contributed by atoms with van der Waals surface area (Å²) in [5, 5.41) is 10.7. The summed E-state index contributed by atoms with van der Waals surface area (Å²) in [6, 6.07) is -0.755. The first-order valence-corrected chi connectivity index (χ1v) is 4.52. The number of ether oxygens (including phenoxy) is 2. The molecular formula is C9H15NO4. The van der Waals surface area contributed by atoms with Gasteiger partial charge in [0.2, 0.25) is 6.04 Å². The van der Waals surface area contributed by atoms with Crippen LogP contribution in [0.5, 0.6) is 0 Å². The number of nitro groups is 1. The van der Waals surface area contributed by atoms with Crippen LogP contribution in [-0.4, -0.2) is 29.5 Å². The van der Waals surface area contributed by atoms with E-state index in [1.807, 2.05) is 0 Å². The molecule has 80 valence electrons. The molecule has 0 aliphatic carbocycles. The van der Waals surface area contributed by atoms with Gasteiger partial charge in [-0.3, -0.25) is 10.1 Å². The molecule has 1 rings (SSSR count). The van der Waals surface area contributed by atoms with Crippen LogP contribution in [0.3, 0.4) is 0 Å². The quantitative estimate of drug-likeness (QED) is 0.391. The van der Waals surface area contributed by atoms with E-state index in [2.05, 4.69) is 6.58 Å². The molecule has 0 amide bonds. The fourth-order valence-corrected chi connectivity index (χ4v) is 1.45. The number of nitrogens with zero attached hydrogens (tertiary/aromatic N) is 1.